The molecule has 0 bridgehead atoms. The number of aryl methyl sites for hydroxylation is 1. The number of benzene rings is 1. The first-order chi connectivity index (χ1) is 13.6. The van der Waals surface area contributed by atoms with Crippen molar-refractivity contribution in [2.24, 2.45) is 5.92 Å². The van der Waals surface area contributed by atoms with Crippen molar-refractivity contribution in [1.82, 2.24) is 4.90 Å². The lowest BCUT2D eigenvalue weighted by molar-refractivity contribution is -0.120. The molecule has 1 unspecified atom stereocenters. The zero-order valence-electron chi connectivity index (χ0n) is 16.2. The summed E-state index contributed by atoms with van der Waals surface area (Å²) in [5.74, 6) is 0.927. The van der Waals surface area contributed by atoms with Crippen LogP contribution in [0.1, 0.15) is 45.8 Å². The third-order valence-corrected chi connectivity index (χ3v) is 6.89. The van der Waals surface area contributed by atoms with Crippen molar-refractivity contribution in [2.75, 3.05) is 25.5 Å². The first-order valence-corrected chi connectivity index (χ1v) is 10.8. The van der Waals surface area contributed by atoms with Gasteiger partial charge < -0.3 is 15.0 Å². The fraction of sp³-hybridized carbons (Fsp3) is 0.455. The Bertz CT molecular complexity index is 853. The van der Waals surface area contributed by atoms with Crippen LogP contribution in [0.15, 0.2) is 30.3 Å². The molecule has 2 aromatic rings. The van der Waals surface area contributed by atoms with Crippen LogP contribution in [0.4, 0.5) is 5.69 Å². The molecule has 0 saturated carbocycles. The minimum absolute atomic E-state index is 0.0472. The van der Waals surface area contributed by atoms with Gasteiger partial charge in [0.1, 0.15) is 5.75 Å². The van der Waals surface area contributed by atoms with Crippen molar-refractivity contribution in [3.8, 4) is 5.75 Å². The molecule has 1 N–H and O–H groups in total. The lowest BCUT2D eigenvalue weighted by Crippen LogP contribution is -2.35. The largest absolute Gasteiger partial charge is 0.497 e. The Morgan fingerprint density at radius 2 is 1.89 bits per heavy atom. The van der Waals surface area contributed by atoms with E-state index in [1.807, 2.05) is 35.2 Å². The quantitative estimate of drug-likeness (QED) is 0.843. The third kappa shape index (κ3) is 4.07. The number of hydrogen-bond donors (Lipinski definition) is 1. The van der Waals surface area contributed by atoms with Crippen molar-refractivity contribution < 1.29 is 14.3 Å². The Morgan fingerprint density at radius 3 is 2.61 bits per heavy atom. The molecule has 28 heavy (non-hydrogen) atoms. The van der Waals surface area contributed by atoms with E-state index in [4.69, 9.17) is 4.74 Å². The summed E-state index contributed by atoms with van der Waals surface area (Å²) in [6.45, 7) is 1.74. The van der Waals surface area contributed by atoms with E-state index in [1.54, 1.807) is 18.4 Å². The molecule has 1 atom stereocenters. The molecule has 1 saturated heterocycles. The maximum absolute atomic E-state index is 12.8. The summed E-state index contributed by atoms with van der Waals surface area (Å²) in [5, 5.41) is 3.01. The molecule has 1 aromatic carbocycles. The van der Waals surface area contributed by atoms with Crippen LogP contribution in [0.2, 0.25) is 0 Å². The number of carbonyl (C=O) groups excluding carboxylic acids is 2. The average Bonchev–Trinajstić information content (AvgIpc) is 3.17. The van der Waals surface area contributed by atoms with Crippen molar-refractivity contribution >= 4 is 28.8 Å². The van der Waals surface area contributed by atoms with E-state index in [0.717, 1.165) is 55.1 Å². The molecule has 2 amide bonds. The number of fused-ring (bicyclic) bond motifs is 1. The van der Waals surface area contributed by atoms with Gasteiger partial charge in [0.2, 0.25) is 5.91 Å². The standard InChI is InChI=1S/C22H26N2O3S/c1-27-18-8-6-17(7-9-18)23-21(25)15-5-10-19-16(13-15)14-20(28-19)22(26)24-11-3-2-4-12-24/h6-9,14-15H,2-5,10-13H2,1H3,(H,23,25). The highest BCUT2D eigenvalue weighted by Crippen LogP contribution is 2.34. The average molecular weight is 399 g/mol. The molecule has 1 fully saturated rings. The second kappa shape index (κ2) is 8.35. The summed E-state index contributed by atoms with van der Waals surface area (Å²) in [5.41, 5.74) is 1.95. The van der Waals surface area contributed by atoms with Crippen molar-refractivity contribution in [3.63, 3.8) is 0 Å². The summed E-state index contributed by atoms with van der Waals surface area (Å²) in [6.07, 6.45) is 5.83. The number of ether oxygens (including phenoxy) is 1. The number of anilines is 1. The fourth-order valence-corrected chi connectivity index (χ4v) is 5.20. The van der Waals surface area contributed by atoms with Crippen LogP contribution in [0.25, 0.3) is 0 Å². The predicted molar refractivity (Wildman–Crippen MR) is 111 cm³/mol. The normalized spacial score (nSPS) is 19.0. The zero-order valence-corrected chi connectivity index (χ0v) is 17.0. The van der Waals surface area contributed by atoms with Crippen LogP contribution < -0.4 is 10.1 Å². The minimum Gasteiger partial charge on any atom is -0.497 e. The first-order valence-electron chi connectivity index (χ1n) is 10.00. The number of piperidine rings is 1. The number of rotatable bonds is 4. The molecule has 5 nitrogen and oxygen atoms in total. The van der Waals surface area contributed by atoms with Gasteiger partial charge in [0.15, 0.2) is 0 Å². The summed E-state index contributed by atoms with van der Waals surface area (Å²) in [6, 6.07) is 9.41. The summed E-state index contributed by atoms with van der Waals surface area (Å²) in [4.78, 5) is 29.6. The van der Waals surface area contributed by atoms with E-state index in [0.29, 0.717) is 6.42 Å². The summed E-state index contributed by atoms with van der Waals surface area (Å²) in [7, 11) is 1.62. The van der Waals surface area contributed by atoms with Gasteiger partial charge in [-0.25, -0.2) is 0 Å². The van der Waals surface area contributed by atoms with Crippen molar-refractivity contribution in [3.05, 3.63) is 45.6 Å². The molecule has 1 aromatic heterocycles. The molecule has 0 radical (unpaired) electrons. The van der Waals surface area contributed by atoms with E-state index < -0.39 is 0 Å². The molecule has 2 heterocycles. The monoisotopic (exact) mass is 398 g/mol. The summed E-state index contributed by atoms with van der Waals surface area (Å²) < 4.78 is 5.15. The van der Waals surface area contributed by atoms with Crippen molar-refractivity contribution in [1.29, 1.82) is 0 Å². The predicted octanol–water partition coefficient (Wildman–Crippen LogP) is 4.13. The van der Waals surface area contributed by atoms with Crippen LogP contribution in [0.5, 0.6) is 5.75 Å². The van der Waals surface area contributed by atoms with Crippen molar-refractivity contribution in [2.45, 2.75) is 38.5 Å². The van der Waals surface area contributed by atoms with Gasteiger partial charge in [0, 0.05) is 29.6 Å². The van der Waals surface area contributed by atoms with E-state index in [1.165, 1.54) is 16.9 Å². The molecule has 4 rings (SSSR count). The van der Waals surface area contributed by atoms with Gasteiger partial charge in [0.05, 0.1) is 12.0 Å². The number of nitrogens with zero attached hydrogens (tertiary/aromatic N) is 1. The SMILES string of the molecule is COc1ccc(NC(=O)C2CCc3sc(C(=O)N4CCCCC4)cc3C2)cc1. The van der Waals surface area contributed by atoms with Crippen LogP contribution >= 0.6 is 11.3 Å². The molecular weight excluding hydrogens is 372 g/mol. The zero-order chi connectivity index (χ0) is 19.5. The molecule has 1 aliphatic heterocycles. The Hall–Kier alpha value is -2.34. The molecule has 6 heteroatoms. The Kier molecular flexibility index (Phi) is 5.67. The van der Waals surface area contributed by atoms with Gasteiger partial charge in [-0.05, 0) is 74.4 Å². The number of carbonyl (C=O) groups is 2. The number of methoxy groups -OCH3 is 1. The third-order valence-electron chi connectivity index (χ3n) is 5.67. The van der Waals surface area contributed by atoms with Crippen LogP contribution in [0, 0.1) is 5.92 Å². The van der Waals surface area contributed by atoms with Crippen LogP contribution in [-0.2, 0) is 17.6 Å². The maximum Gasteiger partial charge on any atom is 0.263 e. The molecule has 148 valence electrons. The Morgan fingerprint density at radius 1 is 1.14 bits per heavy atom. The maximum atomic E-state index is 12.8. The highest BCUT2D eigenvalue weighted by molar-refractivity contribution is 7.14. The van der Waals surface area contributed by atoms with Gasteiger partial charge in [-0.1, -0.05) is 0 Å². The van der Waals surface area contributed by atoms with Gasteiger partial charge in [-0.15, -0.1) is 11.3 Å². The second-order valence-electron chi connectivity index (χ2n) is 7.57. The van der Waals surface area contributed by atoms with Gasteiger partial charge >= 0.3 is 0 Å². The summed E-state index contributed by atoms with van der Waals surface area (Å²) >= 11 is 1.62. The highest BCUT2D eigenvalue weighted by Gasteiger charge is 2.29. The van der Waals surface area contributed by atoms with Crippen LogP contribution in [-0.4, -0.2) is 36.9 Å². The first kappa shape index (κ1) is 19.0. The highest BCUT2D eigenvalue weighted by atomic mass is 32.1. The van der Waals surface area contributed by atoms with E-state index >= 15 is 0 Å². The number of thiophene rings is 1. The number of hydrogen-bond acceptors (Lipinski definition) is 4. The number of amides is 2. The molecule has 1 aliphatic carbocycles. The fourth-order valence-electron chi connectivity index (χ4n) is 4.02. The Balaban J connectivity index is 1.40. The molecular formula is C22H26N2O3S. The molecule has 0 spiro atoms. The van der Waals surface area contributed by atoms with E-state index in [2.05, 4.69) is 5.32 Å². The lowest BCUT2D eigenvalue weighted by Gasteiger charge is -2.26. The number of likely N-dealkylation sites (tertiary alicyclic amines) is 1. The van der Waals surface area contributed by atoms with Crippen LogP contribution in [0.3, 0.4) is 0 Å². The van der Waals surface area contributed by atoms with Gasteiger partial charge in [-0.3, -0.25) is 9.59 Å². The topological polar surface area (TPSA) is 58.6 Å². The van der Waals surface area contributed by atoms with Gasteiger partial charge in [0.25, 0.3) is 5.91 Å². The minimum atomic E-state index is -0.0536. The van der Waals surface area contributed by atoms with E-state index in [-0.39, 0.29) is 17.7 Å². The van der Waals surface area contributed by atoms with E-state index in [9.17, 15) is 9.59 Å². The van der Waals surface area contributed by atoms with Gasteiger partial charge in [-0.2, -0.15) is 0 Å². The molecule has 2 aliphatic rings. The Labute approximate surface area is 169 Å². The second-order valence-corrected chi connectivity index (χ2v) is 8.71. The number of nitrogens with one attached hydrogen (secondary N) is 1. The smallest absolute Gasteiger partial charge is 0.263 e. The lowest BCUT2D eigenvalue weighted by atomic mass is 9.87.